The molecule has 2 aliphatic carbocycles. The van der Waals surface area contributed by atoms with Crippen molar-refractivity contribution in [3.8, 4) is 0 Å². The number of rotatable bonds is 5. The molecular formula is C36H36Cl2F4N6O3S. The van der Waals surface area contributed by atoms with E-state index in [0.717, 1.165) is 16.9 Å². The molecule has 2 saturated carbocycles. The Balaban J connectivity index is 1.13. The summed E-state index contributed by atoms with van der Waals surface area (Å²) in [6.07, 6.45) is -1.37. The zero-order chi connectivity index (χ0) is 37.2. The normalized spacial score (nSPS) is 30.3. The molecule has 1 aromatic carbocycles. The van der Waals surface area contributed by atoms with Crippen molar-refractivity contribution >= 4 is 57.9 Å². The van der Waals surface area contributed by atoms with E-state index in [4.69, 9.17) is 28.2 Å². The molecule has 5 heterocycles. The number of likely N-dealkylation sites (tertiary alicyclic amines) is 1. The molecule has 0 radical (unpaired) electrons. The fraction of sp³-hybridized carbons (Fsp3) is 0.528. The molecule has 276 valence electrons. The van der Waals surface area contributed by atoms with Gasteiger partial charge in [-0.3, -0.25) is 14.4 Å². The summed E-state index contributed by atoms with van der Waals surface area (Å²) in [4.78, 5) is 57.6. The van der Waals surface area contributed by atoms with Crippen LogP contribution >= 0.6 is 35.0 Å². The number of carbonyl (C=O) groups excluding carboxylic acids is 3. The first-order chi connectivity index (χ1) is 24.4. The minimum absolute atomic E-state index is 0.000568. The highest BCUT2D eigenvalue weighted by Gasteiger charge is 2.63. The van der Waals surface area contributed by atoms with Crippen molar-refractivity contribution in [1.82, 2.24) is 24.6 Å². The topological polar surface area (TPSA) is 89.4 Å². The van der Waals surface area contributed by atoms with Crippen LogP contribution < -0.4 is 0 Å². The molecule has 0 N–H and O–H groups in total. The number of aromatic nitrogens is 1. The van der Waals surface area contributed by atoms with Crippen LogP contribution in [0.15, 0.2) is 52.1 Å². The standard InChI is InChI=1S/C36H36Cl2F4N6O3S/c1-17(2)27-28(52-33-44-34(4,21-6-8-26(38)43-14-21)29(48(27)33)19-5-7-22(37)23(39)11-19)31(50)47-24-12-20(24)13-25(47)30(49)45-16-35(9-10-35)46(15-18(45)3)32(51)36(40,41)42/h5-8,11,14,17-18,20,24-25,29H,9-10,12-13,15-16H2,1-4H3/t18-,20-,24+,25-,29+,34-/m0/s1. The van der Waals surface area contributed by atoms with Gasteiger partial charge in [-0.1, -0.05) is 49.2 Å². The van der Waals surface area contributed by atoms with E-state index in [1.807, 2.05) is 31.7 Å². The lowest BCUT2D eigenvalue weighted by molar-refractivity contribution is -0.193. The van der Waals surface area contributed by atoms with Crippen molar-refractivity contribution in [2.45, 2.75) is 94.8 Å². The number of amidine groups is 1. The second-order valence-electron chi connectivity index (χ2n) is 15.3. The average molecular weight is 780 g/mol. The van der Waals surface area contributed by atoms with Crippen LogP contribution in [-0.4, -0.2) is 90.4 Å². The number of pyridine rings is 1. The smallest absolute Gasteiger partial charge is 0.334 e. The highest BCUT2D eigenvalue weighted by Crippen LogP contribution is 2.58. The van der Waals surface area contributed by atoms with Crippen molar-refractivity contribution in [2.24, 2.45) is 16.8 Å². The van der Waals surface area contributed by atoms with Crippen molar-refractivity contribution in [1.29, 1.82) is 0 Å². The Morgan fingerprint density at radius 2 is 1.81 bits per heavy atom. The van der Waals surface area contributed by atoms with Gasteiger partial charge >= 0.3 is 12.1 Å². The van der Waals surface area contributed by atoms with Gasteiger partial charge in [-0.25, -0.2) is 14.4 Å². The molecule has 4 aliphatic heterocycles. The lowest BCUT2D eigenvalue weighted by Gasteiger charge is -2.47. The molecule has 52 heavy (non-hydrogen) atoms. The monoisotopic (exact) mass is 778 g/mol. The van der Waals surface area contributed by atoms with Gasteiger partial charge in [-0.2, -0.15) is 13.2 Å². The van der Waals surface area contributed by atoms with Crippen LogP contribution in [0, 0.1) is 17.7 Å². The highest BCUT2D eigenvalue weighted by molar-refractivity contribution is 8.18. The molecule has 1 spiro atoms. The summed E-state index contributed by atoms with van der Waals surface area (Å²) in [5.74, 6) is -3.11. The maximum Gasteiger partial charge on any atom is 0.471 e. The van der Waals surface area contributed by atoms with E-state index in [0.29, 0.717) is 45.7 Å². The number of halogens is 6. The first kappa shape index (κ1) is 35.7. The third-order valence-electron chi connectivity index (χ3n) is 11.6. The van der Waals surface area contributed by atoms with Crippen molar-refractivity contribution in [3.63, 3.8) is 0 Å². The lowest BCUT2D eigenvalue weighted by atomic mass is 9.81. The van der Waals surface area contributed by atoms with Gasteiger partial charge in [-0.15, -0.1) is 0 Å². The average Bonchev–Trinajstić information content (AvgIpc) is 3.93. The fourth-order valence-electron chi connectivity index (χ4n) is 8.70. The van der Waals surface area contributed by atoms with Crippen LogP contribution in [0.3, 0.4) is 0 Å². The minimum atomic E-state index is -5.00. The number of allylic oxidation sites excluding steroid dienone is 1. The Bertz CT molecular complexity index is 1960. The van der Waals surface area contributed by atoms with E-state index < -0.39 is 47.1 Å². The summed E-state index contributed by atoms with van der Waals surface area (Å²) in [6.45, 7) is 7.29. The van der Waals surface area contributed by atoms with Gasteiger partial charge in [0.05, 0.1) is 16.6 Å². The summed E-state index contributed by atoms with van der Waals surface area (Å²) in [6, 6.07) is 5.95. The number of benzene rings is 1. The Morgan fingerprint density at radius 1 is 1.08 bits per heavy atom. The molecule has 0 bridgehead atoms. The second kappa shape index (κ2) is 12.1. The van der Waals surface area contributed by atoms with Crippen LogP contribution in [0.2, 0.25) is 10.2 Å². The number of amides is 3. The van der Waals surface area contributed by atoms with Gasteiger partial charge in [0, 0.05) is 42.6 Å². The molecule has 4 fully saturated rings. The van der Waals surface area contributed by atoms with E-state index in [1.54, 1.807) is 35.1 Å². The third-order valence-corrected chi connectivity index (χ3v) is 13.1. The van der Waals surface area contributed by atoms with Crippen LogP contribution in [0.4, 0.5) is 17.6 Å². The first-order valence-electron chi connectivity index (χ1n) is 17.3. The molecule has 3 amide bonds. The summed E-state index contributed by atoms with van der Waals surface area (Å²) in [5, 5.41) is 0.834. The number of hydrogen-bond acceptors (Lipinski definition) is 7. The molecule has 9 nitrogen and oxygen atoms in total. The summed E-state index contributed by atoms with van der Waals surface area (Å²) < 4.78 is 55.5. The lowest BCUT2D eigenvalue weighted by Crippen LogP contribution is -2.65. The van der Waals surface area contributed by atoms with Gasteiger partial charge in [0.15, 0.2) is 5.17 Å². The number of alkyl halides is 3. The molecule has 16 heteroatoms. The second-order valence-corrected chi connectivity index (χ2v) is 17.1. The van der Waals surface area contributed by atoms with Crippen molar-refractivity contribution in [2.75, 3.05) is 13.1 Å². The number of fused-ring (bicyclic) bond motifs is 2. The number of thioether (sulfide) groups is 1. The molecule has 1 aromatic heterocycles. The van der Waals surface area contributed by atoms with E-state index >= 15 is 4.39 Å². The number of nitrogens with zero attached hydrogens (tertiary/aromatic N) is 6. The predicted octanol–water partition coefficient (Wildman–Crippen LogP) is 6.91. The highest BCUT2D eigenvalue weighted by atomic mass is 35.5. The van der Waals surface area contributed by atoms with E-state index in [2.05, 4.69) is 4.98 Å². The third kappa shape index (κ3) is 5.52. The van der Waals surface area contributed by atoms with E-state index in [-0.39, 0.29) is 47.8 Å². The van der Waals surface area contributed by atoms with E-state index in [1.165, 1.54) is 23.9 Å². The molecule has 6 atom stereocenters. The Kier molecular flexibility index (Phi) is 8.28. The summed E-state index contributed by atoms with van der Waals surface area (Å²) in [5.41, 5.74) is 0.0206. The molecule has 0 unspecified atom stereocenters. The predicted molar refractivity (Wildman–Crippen MR) is 188 cm³/mol. The minimum Gasteiger partial charge on any atom is -0.334 e. The van der Waals surface area contributed by atoms with Crippen LogP contribution in [0.25, 0.3) is 0 Å². The van der Waals surface area contributed by atoms with Gasteiger partial charge in [0.1, 0.15) is 27.5 Å². The maximum absolute atomic E-state index is 15.1. The number of piperazine rings is 1. The van der Waals surface area contributed by atoms with Gasteiger partial charge < -0.3 is 19.6 Å². The van der Waals surface area contributed by atoms with Gasteiger partial charge in [0.25, 0.3) is 5.91 Å². The quantitative estimate of drug-likeness (QED) is 0.242. The largest absolute Gasteiger partial charge is 0.471 e. The Morgan fingerprint density at radius 3 is 2.42 bits per heavy atom. The van der Waals surface area contributed by atoms with Crippen molar-refractivity contribution < 1.29 is 31.9 Å². The molecule has 6 aliphatic rings. The van der Waals surface area contributed by atoms with Crippen LogP contribution in [0.5, 0.6) is 0 Å². The van der Waals surface area contributed by atoms with E-state index in [9.17, 15) is 27.6 Å². The summed E-state index contributed by atoms with van der Waals surface area (Å²) in [7, 11) is 0. The molecule has 2 aromatic rings. The number of aliphatic imine (C=N–C) groups is 1. The van der Waals surface area contributed by atoms with Crippen LogP contribution in [-0.2, 0) is 19.9 Å². The SMILES string of the molecule is CC(C)C1=C(C(=O)N2[C@@H]3C[C@H]3C[C@H]2C(=O)N2CC3(CC3)N(C(=O)C(F)(F)F)C[C@@H]2C)SC2=N[C@@](C)(c3ccc(Cl)nc3)[C@@H](c3ccc(Cl)c(F)c3)N21. The van der Waals surface area contributed by atoms with Crippen molar-refractivity contribution in [3.05, 3.63) is 74.3 Å². The number of hydrogen-bond donors (Lipinski definition) is 0. The Labute approximate surface area is 312 Å². The number of carbonyl (C=O) groups is 3. The zero-order valence-corrected chi connectivity index (χ0v) is 31.1. The molecular weight excluding hydrogens is 743 g/mol. The zero-order valence-electron chi connectivity index (χ0n) is 28.8. The molecule has 2 saturated heterocycles. The van der Waals surface area contributed by atoms with Gasteiger partial charge in [0.2, 0.25) is 5.91 Å². The molecule has 8 rings (SSSR count). The number of piperidine rings is 1. The Hall–Kier alpha value is -3.36. The van der Waals surface area contributed by atoms with Gasteiger partial charge in [-0.05, 0) is 86.9 Å². The first-order valence-corrected chi connectivity index (χ1v) is 18.9. The maximum atomic E-state index is 15.1. The van der Waals surface area contributed by atoms with Crippen LogP contribution in [0.1, 0.15) is 70.5 Å². The summed E-state index contributed by atoms with van der Waals surface area (Å²) >= 11 is 13.5. The fourth-order valence-corrected chi connectivity index (χ4v) is 10.3.